The smallest absolute Gasteiger partial charge is 0.0557 e. The quantitative estimate of drug-likeness (QED) is 0.714. The zero-order chi connectivity index (χ0) is 11.1. The molecule has 0 spiro atoms. The molecular formula is C13H27NO. The standard InChI is InChI=1S/C10H19NO.C3H8/c1-2-10(8-12-9-10)7-11-5-3-4-6-11;1-3-2/h2-9H2,1H3;3H2,1-2H3. The molecule has 0 aromatic carbocycles. The van der Waals surface area contributed by atoms with Crippen LogP contribution in [-0.2, 0) is 4.74 Å². The van der Waals surface area contributed by atoms with Gasteiger partial charge >= 0.3 is 0 Å². The van der Waals surface area contributed by atoms with Crippen LogP contribution in [0.2, 0.25) is 0 Å². The number of likely N-dealkylation sites (tertiary alicyclic amines) is 1. The molecule has 0 aromatic rings. The van der Waals surface area contributed by atoms with Crippen LogP contribution in [0, 0.1) is 5.41 Å². The minimum atomic E-state index is 0.532. The number of hydrogen-bond donors (Lipinski definition) is 0. The van der Waals surface area contributed by atoms with Gasteiger partial charge in [0.1, 0.15) is 0 Å². The van der Waals surface area contributed by atoms with E-state index in [0.717, 1.165) is 13.2 Å². The molecular weight excluding hydrogens is 186 g/mol. The Morgan fingerprint density at radius 2 is 1.60 bits per heavy atom. The van der Waals surface area contributed by atoms with Crippen LogP contribution in [0.5, 0.6) is 0 Å². The van der Waals surface area contributed by atoms with Crippen LogP contribution < -0.4 is 0 Å². The molecule has 0 aromatic heterocycles. The highest BCUT2D eigenvalue weighted by atomic mass is 16.5. The normalized spacial score (nSPS) is 24.2. The van der Waals surface area contributed by atoms with Crippen molar-refractivity contribution in [3.63, 3.8) is 0 Å². The van der Waals surface area contributed by atoms with Crippen molar-refractivity contribution in [2.24, 2.45) is 5.41 Å². The van der Waals surface area contributed by atoms with Gasteiger partial charge in [0.25, 0.3) is 0 Å². The first-order chi connectivity index (χ1) is 7.26. The molecule has 2 aliphatic heterocycles. The zero-order valence-corrected chi connectivity index (χ0v) is 10.7. The molecule has 2 saturated heterocycles. The molecule has 2 nitrogen and oxygen atoms in total. The molecule has 0 radical (unpaired) electrons. The Morgan fingerprint density at radius 1 is 1.07 bits per heavy atom. The van der Waals surface area contributed by atoms with Crippen LogP contribution in [0.4, 0.5) is 0 Å². The zero-order valence-electron chi connectivity index (χ0n) is 10.7. The second-order valence-corrected chi connectivity index (χ2v) is 5.04. The Labute approximate surface area is 95.0 Å². The fraction of sp³-hybridized carbons (Fsp3) is 1.00. The summed E-state index contributed by atoms with van der Waals surface area (Å²) in [6.45, 7) is 12.5. The van der Waals surface area contributed by atoms with Crippen molar-refractivity contribution in [2.75, 3.05) is 32.8 Å². The molecule has 0 N–H and O–H groups in total. The van der Waals surface area contributed by atoms with Crippen molar-refractivity contribution >= 4 is 0 Å². The second kappa shape index (κ2) is 6.49. The monoisotopic (exact) mass is 213 g/mol. The number of rotatable bonds is 3. The molecule has 2 fully saturated rings. The summed E-state index contributed by atoms with van der Waals surface area (Å²) in [5.41, 5.74) is 0.532. The van der Waals surface area contributed by atoms with Crippen LogP contribution in [0.25, 0.3) is 0 Å². The molecule has 2 heterocycles. The highest BCUT2D eigenvalue weighted by Crippen LogP contribution is 2.32. The van der Waals surface area contributed by atoms with Gasteiger partial charge in [-0.3, -0.25) is 0 Å². The topological polar surface area (TPSA) is 12.5 Å². The van der Waals surface area contributed by atoms with Crippen molar-refractivity contribution in [1.82, 2.24) is 4.90 Å². The van der Waals surface area contributed by atoms with E-state index in [1.165, 1.54) is 45.3 Å². The van der Waals surface area contributed by atoms with Gasteiger partial charge in [0.05, 0.1) is 13.2 Å². The molecule has 0 atom stereocenters. The van der Waals surface area contributed by atoms with Gasteiger partial charge in [-0.25, -0.2) is 0 Å². The number of hydrogen-bond acceptors (Lipinski definition) is 2. The molecule has 0 bridgehead atoms. The molecule has 2 aliphatic rings. The van der Waals surface area contributed by atoms with Crippen LogP contribution in [0.1, 0.15) is 46.5 Å². The van der Waals surface area contributed by atoms with E-state index in [-0.39, 0.29) is 0 Å². The van der Waals surface area contributed by atoms with E-state index < -0.39 is 0 Å². The fourth-order valence-corrected chi connectivity index (χ4v) is 2.21. The summed E-state index contributed by atoms with van der Waals surface area (Å²) in [4.78, 5) is 2.60. The minimum Gasteiger partial charge on any atom is -0.380 e. The molecule has 2 rings (SSSR count). The summed E-state index contributed by atoms with van der Waals surface area (Å²) in [5, 5.41) is 0. The first-order valence-corrected chi connectivity index (χ1v) is 6.56. The van der Waals surface area contributed by atoms with E-state index in [2.05, 4.69) is 25.7 Å². The molecule has 0 saturated carbocycles. The van der Waals surface area contributed by atoms with E-state index in [4.69, 9.17) is 4.74 Å². The molecule has 15 heavy (non-hydrogen) atoms. The summed E-state index contributed by atoms with van der Waals surface area (Å²) < 4.78 is 5.31. The second-order valence-electron chi connectivity index (χ2n) is 5.04. The van der Waals surface area contributed by atoms with Crippen LogP contribution >= 0.6 is 0 Å². The van der Waals surface area contributed by atoms with Crippen LogP contribution in [0.3, 0.4) is 0 Å². The van der Waals surface area contributed by atoms with Gasteiger partial charge in [-0.15, -0.1) is 0 Å². The van der Waals surface area contributed by atoms with E-state index in [9.17, 15) is 0 Å². The predicted octanol–water partition coefficient (Wildman–Crippen LogP) is 2.93. The Hall–Kier alpha value is -0.0800. The lowest BCUT2D eigenvalue weighted by molar-refractivity contribution is -0.126. The summed E-state index contributed by atoms with van der Waals surface area (Å²) in [5.74, 6) is 0. The maximum absolute atomic E-state index is 5.31. The fourth-order valence-electron chi connectivity index (χ4n) is 2.21. The van der Waals surface area contributed by atoms with E-state index in [1.807, 2.05) is 0 Å². The van der Waals surface area contributed by atoms with Crippen molar-refractivity contribution in [1.29, 1.82) is 0 Å². The Bertz CT molecular complexity index is 154. The molecule has 90 valence electrons. The Kier molecular flexibility index (Phi) is 5.62. The van der Waals surface area contributed by atoms with Gasteiger partial charge in [-0.05, 0) is 32.4 Å². The Balaban J connectivity index is 0.000000337. The first-order valence-electron chi connectivity index (χ1n) is 6.56. The first kappa shape index (κ1) is 13.0. The lowest BCUT2D eigenvalue weighted by Gasteiger charge is -2.43. The van der Waals surface area contributed by atoms with Crippen molar-refractivity contribution in [3.8, 4) is 0 Å². The average Bonchev–Trinajstić information content (AvgIpc) is 2.65. The highest BCUT2D eigenvalue weighted by molar-refractivity contribution is 4.88. The van der Waals surface area contributed by atoms with Gasteiger partial charge < -0.3 is 9.64 Å². The van der Waals surface area contributed by atoms with Gasteiger partial charge in [0.2, 0.25) is 0 Å². The number of nitrogens with zero attached hydrogens (tertiary/aromatic N) is 1. The average molecular weight is 213 g/mol. The summed E-state index contributed by atoms with van der Waals surface area (Å²) in [6.07, 6.45) is 5.34. The summed E-state index contributed by atoms with van der Waals surface area (Å²) in [6, 6.07) is 0. The third-order valence-electron chi connectivity index (χ3n) is 3.32. The molecule has 0 unspecified atom stereocenters. The Morgan fingerprint density at radius 3 is 1.93 bits per heavy atom. The number of ether oxygens (including phenoxy) is 1. The third kappa shape index (κ3) is 3.76. The van der Waals surface area contributed by atoms with Gasteiger partial charge in [0.15, 0.2) is 0 Å². The van der Waals surface area contributed by atoms with Gasteiger partial charge in [0, 0.05) is 12.0 Å². The van der Waals surface area contributed by atoms with Crippen molar-refractivity contribution in [2.45, 2.75) is 46.5 Å². The van der Waals surface area contributed by atoms with E-state index in [0.29, 0.717) is 5.41 Å². The van der Waals surface area contributed by atoms with E-state index in [1.54, 1.807) is 0 Å². The molecule has 0 amide bonds. The minimum absolute atomic E-state index is 0.532. The SMILES string of the molecule is CCC.CCC1(CN2CCCC2)COC1. The van der Waals surface area contributed by atoms with E-state index >= 15 is 0 Å². The summed E-state index contributed by atoms with van der Waals surface area (Å²) in [7, 11) is 0. The lowest BCUT2D eigenvalue weighted by atomic mass is 9.83. The van der Waals surface area contributed by atoms with Crippen molar-refractivity contribution < 1.29 is 4.74 Å². The highest BCUT2D eigenvalue weighted by Gasteiger charge is 2.38. The summed E-state index contributed by atoms with van der Waals surface area (Å²) >= 11 is 0. The van der Waals surface area contributed by atoms with Gasteiger partial charge in [-0.2, -0.15) is 0 Å². The van der Waals surface area contributed by atoms with Gasteiger partial charge in [-0.1, -0.05) is 27.2 Å². The largest absolute Gasteiger partial charge is 0.380 e. The molecule has 2 heteroatoms. The molecule has 0 aliphatic carbocycles. The third-order valence-corrected chi connectivity index (χ3v) is 3.32. The lowest BCUT2D eigenvalue weighted by Crippen LogP contribution is -2.49. The van der Waals surface area contributed by atoms with Crippen LogP contribution in [0.15, 0.2) is 0 Å². The van der Waals surface area contributed by atoms with Crippen LogP contribution in [-0.4, -0.2) is 37.7 Å². The maximum atomic E-state index is 5.31. The van der Waals surface area contributed by atoms with Crippen molar-refractivity contribution in [3.05, 3.63) is 0 Å². The maximum Gasteiger partial charge on any atom is 0.0557 e. The predicted molar refractivity (Wildman–Crippen MR) is 65.2 cm³/mol.